The molecule has 1 saturated heterocycles. The summed E-state index contributed by atoms with van der Waals surface area (Å²) in [7, 11) is 2.89. The van der Waals surface area contributed by atoms with Crippen LogP contribution in [0.25, 0.3) is 0 Å². The lowest BCUT2D eigenvalue weighted by molar-refractivity contribution is -0.144. The molecule has 0 bridgehead atoms. The van der Waals surface area contributed by atoms with Crippen LogP contribution in [0.1, 0.15) is 16.8 Å². The van der Waals surface area contributed by atoms with E-state index in [9.17, 15) is 9.59 Å². The molecule has 1 amide bonds. The number of ether oxygens (including phenoxy) is 2. The first-order valence-electron chi connectivity index (χ1n) is 6.27. The van der Waals surface area contributed by atoms with Crippen LogP contribution >= 0.6 is 15.9 Å². The largest absolute Gasteiger partial charge is 0.496 e. The molecule has 5 nitrogen and oxygen atoms in total. The third-order valence-corrected chi connectivity index (χ3v) is 3.90. The lowest BCUT2D eigenvalue weighted by Crippen LogP contribution is -2.30. The van der Waals surface area contributed by atoms with Gasteiger partial charge in [-0.1, -0.05) is 15.9 Å². The number of carbonyl (C=O) groups is 2. The predicted octanol–water partition coefficient (Wildman–Crippen LogP) is 2.09. The van der Waals surface area contributed by atoms with E-state index in [-0.39, 0.29) is 17.8 Å². The van der Waals surface area contributed by atoms with Gasteiger partial charge in [0.05, 0.1) is 25.7 Å². The zero-order chi connectivity index (χ0) is 14.7. The maximum absolute atomic E-state index is 12.5. The van der Waals surface area contributed by atoms with Crippen molar-refractivity contribution in [1.29, 1.82) is 0 Å². The SMILES string of the molecule is COC(=O)C1CCN(C(=O)c2ccc(Br)cc2OC)C1. The van der Waals surface area contributed by atoms with Crippen LogP contribution in [0.15, 0.2) is 22.7 Å². The second-order valence-electron chi connectivity index (χ2n) is 4.60. The minimum Gasteiger partial charge on any atom is -0.496 e. The van der Waals surface area contributed by atoms with Crippen LogP contribution in [0.3, 0.4) is 0 Å². The van der Waals surface area contributed by atoms with Crippen molar-refractivity contribution in [3.05, 3.63) is 28.2 Å². The summed E-state index contributed by atoms with van der Waals surface area (Å²) in [6.07, 6.45) is 0.636. The summed E-state index contributed by atoms with van der Waals surface area (Å²) in [5, 5.41) is 0. The van der Waals surface area contributed by atoms with Crippen molar-refractivity contribution in [2.75, 3.05) is 27.3 Å². The molecule has 20 heavy (non-hydrogen) atoms. The highest BCUT2D eigenvalue weighted by Crippen LogP contribution is 2.27. The van der Waals surface area contributed by atoms with Crippen molar-refractivity contribution in [2.45, 2.75) is 6.42 Å². The van der Waals surface area contributed by atoms with E-state index in [1.54, 1.807) is 23.1 Å². The second kappa shape index (κ2) is 6.26. The summed E-state index contributed by atoms with van der Waals surface area (Å²) < 4.78 is 10.8. The molecule has 1 fully saturated rings. The van der Waals surface area contributed by atoms with E-state index in [2.05, 4.69) is 15.9 Å². The number of amides is 1. The molecular weight excluding hydrogens is 326 g/mol. The van der Waals surface area contributed by atoms with Gasteiger partial charge in [0.25, 0.3) is 5.91 Å². The molecule has 0 radical (unpaired) electrons. The highest BCUT2D eigenvalue weighted by atomic mass is 79.9. The van der Waals surface area contributed by atoms with Gasteiger partial charge in [-0.2, -0.15) is 0 Å². The van der Waals surface area contributed by atoms with Crippen LogP contribution in [0.4, 0.5) is 0 Å². The Balaban J connectivity index is 2.15. The number of carbonyl (C=O) groups excluding carboxylic acids is 2. The van der Waals surface area contributed by atoms with Crippen LogP contribution in [0, 0.1) is 5.92 Å². The van der Waals surface area contributed by atoms with Gasteiger partial charge in [-0.25, -0.2) is 0 Å². The fourth-order valence-corrected chi connectivity index (χ4v) is 2.66. The minimum atomic E-state index is -0.261. The molecule has 0 aromatic heterocycles. The van der Waals surface area contributed by atoms with E-state index in [0.717, 1.165) is 4.47 Å². The Morgan fingerprint density at radius 2 is 2.10 bits per heavy atom. The van der Waals surface area contributed by atoms with Gasteiger partial charge in [0.2, 0.25) is 0 Å². The van der Waals surface area contributed by atoms with Gasteiger partial charge in [0, 0.05) is 17.6 Å². The first kappa shape index (κ1) is 14.8. The standard InChI is InChI=1S/C14H16BrNO4/c1-19-12-7-10(15)3-4-11(12)13(17)16-6-5-9(8-16)14(18)20-2/h3-4,7,9H,5-6,8H2,1-2H3. The number of rotatable bonds is 3. The van der Waals surface area contributed by atoms with Gasteiger partial charge in [0.1, 0.15) is 5.75 Å². The van der Waals surface area contributed by atoms with Crippen molar-refractivity contribution in [2.24, 2.45) is 5.92 Å². The quantitative estimate of drug-likeness (QED) is 0.790. The molecule has 1 aliphatic heterocycles. The average molecular weight is 342 g/mol. The number of methoxy groups -OCH3 is 2. The summed E-state index contributed by atoms with van der Waals surface area (Å²) in [6.45, 7) is 0.947. The monoisotopic (exact) mass is 341 g/mol. The molecule has 1 aromatic rings. The molecule has 2 rings (SSSR count). The molecule has 0 spiro atoms. The Morgan fingerprint density at radius 3 is 2.75 bits per heavy atom. The molecule has 1 aliphatic rings. The minimum absolute atomic E-state index is 0.124. The molecule has 0 aliphatic carbocycles. The van der Waals surface area contributed by atoms with E-state index >= 15 is 0 Å². The number of nitrogens with zero attached hydrogens (tertiary/aromatic N) is 1. The second-order valence-corrected chi connectivity index (χ2v) is 5.52. The van der Waals surface area contributed by atoms with Crippen LogP contribution in [0.2, 0.25) is 0 Å². The Labute approximate surface area is 126 Å². The lowest BCUT2D eigenvalue weighted by Gasteiger charge is -2.18. The van der Waals surface area contributed by atoms with Crippen molar-refractivity contribution in [3.63, 3.8) is 0 Å². The third kappa shape index (κ3) is 2.95. The summed E-state index contributed by atoms with van der Waals surface area (Å²) in [5.74, 6) is -0.0971. The number of halogens is 1. The molecule has 1 unspecified atom stereocenters. The summed E-state index contributed by atoms with van der Waals surface area (Å²) >= 11 is 3.34. The number of hydrogen-bond donors (Lipinski definition) is 0. The third-order valence-electron chi connectivity index (χ3n) is 3.40. The first-order chi connectivity index (χ1) is 9.56. The Kier molecular flexibility index (Phi) is 4.65. The molecule has 1 aromatic carbocycles. The Hall–Kier alpha value is -1.56. The Morgan fingerprint density at radius 1 is 1.35 bits per heavy atom. The van der Waals surface area contributed by atoms with Crippen molar-refractivity contribution < 1.29 is 19.1 Å². The molecule has 108 valence electrons. The van der Waals surface area contributed by atoms with E-state index < -0.39 is 0 Å². The number of hydrogen-bond acceptors (Lipinski definition) is 4. The number of benzene rings is 1. The number of likely N-dealkylation sites (tertiary alicyclic amines) is 1. The van der Waals surface area contributed by atoms with Gasteiger partial charge >= 0.3 is 5.97 Å². The molecule has 6 heteroatoms. The first-order valence-corrected chi connectivity index (χ1v) is 7.06. The fraction of sp³-hybridized carbons (Fsp3) is 0.429. The highest BCUT2D eigenvalue weighted by molar-refractivity contribution is 9.10. The zero-order valence-corrected chi connectivity index (χ0v) is 13.0. The molecule has 0 saturated carbocycles. The molecular formula is C14H16BrNO4. The van der Waals surface area contributed by atoms with E-state index in [1.807, 2.05) is 0 Å². The average Bonchev–Trinajstić information content (AvgIpc) is 2.95. The van der Waals surface area contributed by atoms with Gasteiger partial charge in [0.15, 0.2) is 0 Å². The van der Waals surface area contributed by atoms with E-state index in [4.69, 9.17) is 9.47 Å². The summed E-state index contributed by atoms with van der Waals surface area (Å²) in [5.41, 5.74) is 0.501. The van der Waals surface area contributed by atoms with Crippen molar-refractivity contribution in [3.8, 4) is 5.75 Å². The molecule has 1 atom stereocenters. The lowest BCUT2D eigenvalue weighted by atomic mass is 10.1. The van der Waals surface area contributed by atoms with Gasteiger partial charge in [-0.3, -0.25) is 9.59 Å². The van der Waals surface area contributed by atoms with Gasteiger partial charge < -0.3 is 14.4 Å². The predicted molar refractivity (Wildman–Crippen MR) is 76.7 cm³/mol. The topological polar surface area (TPSA) is 55.8 Å². The molecule has 0 N–H and O–H groups in total. The summed E-state index contributed by atoms with van der Waals surface area (Å²) in [6, 6.07) is 5.27. The normalized spacial score (nSPS) is 17.9. The van der Waals surface area contributed by atoms with Crippen molar-refractivity contribution >= 4 is 27.8 Å². The van der Waals surface area contributed by atoms with Crippen LogP contribution in [-0.2, 0) is 9.53 Å². The highest BCUT2D eigenvalue weighted by Gasteiger charge is 2.32. The van der Waals surface area contributed by atoms with Crippen LogP contribution in [-0.4, -0.2) is 44.1 Å². The zero-order valence-electron chi connectivity index (χ0n) is 11.4. The van der Waals surface area contributed by atoms with E-state index in [0.29, 0.717) is 30.8 Å². The number of esters is 1. The molecule has 1 heterocycles. The maximum atomic E-state index is 12.5. The Bertz CT molecular complexity index is 532. The van der Waals surface area contributed by atoms with Crippen LogP contribution < -0.4 is 4.74 Å². The maximum Gasteiger partial charge on any atom is 0.310 e. The summed E-state index contributed by atoms with van der Waals surface area (Å²) in [4.78, 5) is 25.6. The van der Waals surface area contributed by atoms with Crippen molar-refractivity contribution in [1.82, 2.24) is 4.90 Å². The fourth-order valence-electron chi connectivity index (χ4n) is 2.32. The van der Waals surface area contributed by atoms with Gasteiger partial charge in [-0.15, -0.1) is 0 Å². The van der Waals surface area contributed by atoms with Gasteiger partial charge in [-0.05, 0) is 24.6 Å². The van der Waals surface area contributed by atoms with Crippen LogP contribution in [0.5, 0.6) is 5.75 Å². The van der Waals surface area contributed by atoms with E-state index in [1.165, 1.54) is 14.2 Å². The smallest absolute Gasteiger partial charge is 0.310 e.